The molecule has 0 spiro atoms. The molecule has 2 fully saturated rings. The van der Waals surface area contributed by atoms with Gasteiger partial charge in [-0.05, 0) is 48.4 Å². The number of likely N-dealkylation sites (tertiary alicyclic amines) is 1. The summed E-state index contributed by atoms with van der Waals surface area (Å²) >= 11 is 0. The van der Waals surface area contributed by atoms with E-state index in [9.17, 15) is 14.7 Å². The van der Waals surface area contributed by atoms with E-state index in [4.69, 9.17) is 14.2 Å². The Morgan fingerprint density at radius 2 is 1.86 bits per heavy atom. The van der Waals surface area contributed by atoms with Crippen molar-refractivity contribution < 1.29 is 28.9 Å². The Balaban J connectivity index is 1.72. The van der Waals surface area contributed by atoms with E-state index in [2.05, 4.69) is 11.5 Å². The lowest BCUT2D eigenvalue weighted by molar-refractivity contribution is -0.140. The maximum Gasteiger partial charge on any atom is 0.295 e. The van der Waals surface area contributed by atoms with Crippen molar-refractivity contribution in [1.29, 1.82) is 0 Å². The Kier molecular flexibility index (Phi) is 8.07. The lowest BCUT2D eigenvalue weighted by Crippen LogP contribution is -2.42. The molecule has 1 N–H and O–H groups in total. The van der Waals surface area contributed by atoms with Crippen LogP contribution in [-0.4, -0.2) is 79.7 Å². The van der Waals surface area contributed by atoms with Crippen molar-refractivity contribution >= 4 is 17.4 Å². The highest BCUT2D eigenvalue weighted by Gasteiger charge is 2.46. The van der Waals surface area contributed by atoms with E-state index in [0.29, 0.717) is 50.0 Å². The molecule has 2 aromatic rings. The molecule has 0 bridgehead atoms. The van der Waals surface area contributed by atoms with E-state index in [0.717, 1.165) is 24.2 Å². The van der Waals surface area contributed by atoms with Crippen LogP contribution in [0.25, 0.3) is 5.76 Å². The third-order valence-electron chi connectivity index (χ3n) is 6.54. The second-order valence-electron chi connectivity index (χ2n) is 8.80. The molecule has 2 aliphatic heterocycles. The molecule has 4 rings (SSSR count). The van der Waals surface area contributed by atoms with Crippen molar-refractivity contribution in [2.75, 3.05) is 53.1 Å². The highest BCUT2D eigenvalue weighted by atomic mass is 16.5. The number of aryl methyl sites for hydroxylation is 1. The molecular weight excluding hydrogens is 460 g/mol. The van der Waals surface area contributed by atoms with Crippen LogP contribution in [0.4, 0.5) is 0 Å². The predicted molar refractivity (Wildman–Crippen MR) is 136 cm³/mol. The van der Waals surface area contributed by atoms with E-state index >= 15 is 0 Å². The Morgan fingerprint density at radius 3 is 2.50 bits per heavy atom. The van der Waals surface area contributed by atoms with Crippen molar-refractivity contribution in [2.45, 2.75) is 13.0 Å². The van der Waals surface area contributed by atoms with E-state index in [-0.39, 0.29) is 11.3 Å². The fraction of sp³-hybridized carbons (Fsp3) is 0.357. The standard InChI is InChI=1S/C28H32N2O6/c1-4-15-36-23-10-7-21(18-19(23)2)26(31)24-25(20-5-8-22(34-3)9-6-20)30(28(33)27(24)32)12-11-29-13-16-35-17-14-29/h4-10,18,25,31H,1,11-17H2,2-3H3. The summed E-state index contributed by atoms with van der Waals surface area (Å²) in [5.74, 6) is -0.200. The first-order chi connectivity index (χ1) is 17.4. The molecule has 0 saturated carbocycles. The van der Waals surface area contributed by atoms with Crippen molar-refractivity contribution in [3.8, 4) is 11.5 Å². The van der Waals surface area contributed by atoms with Gasteiger partial charge in [0.05, 0.1) is 31.9 Å². The molecule has 2 aliphatic rings. The summed E-state index contributed by atoms with van der Waals surface area (Å²) in [7, 11) is 1.58. The van der Waals surface area contributed by atoms with Crippen molar-refractivity contribution in [2.24, 2.45) is 0 Å². The monoisotopic (exact) mass is 492 g/mol. The van der Waals surface area contributed by atoms with E-state index < -0.39 is 17.7 Å². The first kappa shape index (κ1) is 25.5. The van der Waals surface area contributed by atoms with Crippen LogP contribution >= 0.6 is 0 Å². The molecule has 1 atom stereocenters. The van der Waals surface area contributed by atoms with Crippen LogP contribution in [0.3, 0.4) is 0 Å². The lowest BCUT2D eigenvalue weighted by atomic mass is 9.94. The van der Waals surface area contributed by atoms with Gasteiger partial charge in [0.2, 0.25) is 0 Å². The van der Waals surface area contributed by atoms with Crippen LogP contribution in [0, 0.1) is 6.92 Å². The smallest absolute Gasteiger partial charge is 0.295 e. The van der Waals surface area contributed by atoms with Crippen molar-refractivity contribution in [3.63, 3.8) is 0 Å². The van der Waals surface area contributed by atoms with Gasteiger partial charge in [0.15, 0.2) is 0 Å². The highest BCUT2D eigenvalue weighted by Crippen LogP contribution is 2.40. The number of ketones is 1. The molecule has 36 heavy (non-hydrogen) atoms. The molecule has 1 unspecified atom stereocenters. The van der Waals surface area contributed by atoms with Crippen LogP contribution in [0.2, 0.25) is 0 Å². The van der Waals surface area contributed by atoms with Gasteiger partial charge >= 0.3 is 0 Å². The number of ether oxygens (including phenoxy) is 3. The van der Waals surface area contributed by atoms with Crippen molar-refractivity contribution in [3.05, 3.63) is 77.4 Å². The van der Waals surface area contributed by atoms with Crippen molar-refractivity contribution in [1.82, 2.24) is 9.80 Å². The Morgan fingerprint density at radius 1 is 1.14 bits per heavy atom. The quantitative estimate of drug-likeness (QED) is 0.249. The Labute approximate surface area is 211 Å². The van der Waals surface area contributed by atoms with Crippen LogP contribution in [0.5, 0.6) is 11.5 Å². The second-order valence-corrected chi connectivity index (χ2v) is 8.80. The minimum absolute atomic E-state index is 0.0753. The number of nitrogens with zero attached hydrogens (tertiary/aromatic N) is 2. The molecule has 2 heterocycles. The molecule has 0 radical (unpaired) electrons. The number of aliphatic hydroxyl groups is 1. The molecule has 2 saturated heterocycles. The predicted octanol–water partition coefficient (Wildman–Crippen LogP) is 3.32. The number of Topliss-reactive ketones (excluding diaryl/α,β-unsaturated/α-hetero) is 1. The summed E-state index contributed by atoms with van der Waals surface area (Å²) in [5, 5.41) is 11.3. The summed E-state index contributed by atoms with van der Waals surface area (Å²) < 4.78 is 16.3. The molecule has 1 amide bonds. The number of amides is 1. The van der Waals surface area contributed by atoms with Gasteiger partial charge in [0.1, 0.15) is 23.9 Å². The maximum atomic E-state index is 13.3. The first-order valence-electron chi connectivity index (χ1n) is 12.0. The SMILES string of the molecule is C=CCOc1ccc(C(O)=C2C(=O)C(=O)N(CCN3CCOCC3)C2c2ccc(OC)cc2)cc1C. The number of morpholine rings is 1. The summed E-state index contributed by atoms with van der Waals surface area (Å²) in [6.45, 7) is 9.67. The number of carbonyl (C=O) groups excluding carboxylic acids is 2. The van der Waals surface area contributed by atoms with Gasteiger partial charge in [-0.1, -0.05) is 24.8 Å². The number of methoxy groups -OCH3 is 1. The lowest BCUT2D eigenvalue weighted by Gasteiger charge is -2.31. The molecule has 190 valence electrons. The molecule has 8 nitrogen and oxygen atoms in total. The number of benzene rings is 2. The van der Waals surface area contributed by atoms with Crippen LogP contribution < -0.4 is 9.47 Å². The molecule has 8 heteroatoms. The fourth-order valence-corrected chi connectivity index (χ4v) is 4.58. The zero-order valence-corrected chi connectivity index (χ0v) is 20.7. The zero-order chi connectivity index (χ0) is 25.7. The third kappa shape index (κ3) is 5.29. The molecule has 0 aromatic heterocycles. The third-order valence-corrected chi connectivity index (χ3v) is 6.54. The minimum Gasteiger partial charge on any atom is -0.507 e. The zero-order valence-electron chi connectivity index (χ0n) is 20.7. The van der Waals surface area contributed by atoms with E-state index in [1.165, 1.54) is 0 Å². The minimum atomic E-state index is -0.714. The van der Waals surface area contributed by atoms with E-state index in [1.54, 1.807) is 48.4 Å². The summed E-state index contributed by atoms with van der Waals surface area (Å²) in [4.78, 5) is 30.2. The van der Waals surface area contributed by atoms with Gasteiger partial charge in [0.25, 0.3) is 11.7 Å². The van der Waals surface area contributed by atoms with Gasteiger partial charge < -0.3 is 24.2 Å². The van der Waals surface area contributed by atoms with Crippen LogP contribution in [-0.2, 0) is 14.3 Å². The highest BCUT2D eigenvalue weighted by molar-refractivity contribution is 6.46. The number of carbonyl (C=O) groups is 2. The van der Waals surface area contributed by atoms with Gasteiger partial charge in [-0.25, -0.2) is 0 Å². The fourth-order valence-electron chi connectivity index (χ4n) is 4.58. The van der Waals surface area contributed by atoms with Gasteiger partial charge in [0, 0.05) is 31.7 Å². The summed E-state index contributed by atoms with van der Waals surface area (Å²) in [6, 6.07) is 11.7. The van der Waals surface area contributed by atoms with Gasteiger partial charge in [-0.15, -0.1) is 0 Å². The largest absolute Gasteiger partial charge is 0.507 e. The molecule has 2 aromatic carbocycles. The Hall–Kier alpha value is -3.62. The van der Waals surface area contributed by atoms with Gasteiger partial charge in [-0.2, -0.15) is 0 Å². The number of hydrogen-bond donors (Lipinski definition) is 1. The average molecular weight is 493 g/mol. The summed E-state index contributed by atoms with van der Waals surface area (Å²) in [5.41, 5.74) is 2.04. The second kappa shape index (κ2) is 11.4. The van der Waals surface area contributed by atoms with Crippen LogP contribution in [0.1, 0.15) is 22.7 Å². The first-order valence-corrected chi connectivity index (χ1v) is 12.0. The average Bonchev–Trinajstić information content (AvgIpc) is 3.16. The number of rotatable bonds is 9. The van der Waals surface area contributed by atoms with Crippen LogP contribution in [0.15, 0.2) is 60.7 Å². The number of hydrogen-bond acceptors (Lipinski definition) is 7. The molecular formula is C28H32N2O6. The number of aliphatic hydroxyl groups excluding tert-OH is 1. The normalized spacial score (nSPS) is 19.9. The molecule has 0 aliphatic carbocycles. The summed E-state index contributed by atoms with van der Waals surface area (Å²) in [6.07, 6.45) is 1.65. The Bertz CT molecular complexity index is 1150. The maximum absolute atomic E-state index is 13.3. The van der Waals surface area contributed by atoms with E-state index in [1.807, 2.05) is 19.1 Å². The topological polar surface area (TPSA) is 88.5 Å². The van der Waals surface area contributed by atoms with Gasteiger partial charge in [-0.3, -0.25) is 14.5 Å².